The summed E-state index contributed by atoms with van der Waals surface area (Å²) in [4.78, 5) is 3.04. The van der Waals surface area contributed by atoms with Gasteiger partial charge < -0.3 is 24.4 Å². The van der Waals surface area contributed by atoms with Crippen LogP contribution in [0.5, 0.6) is 0 Å². The van der Waals surface area contributed by atoms with Crippen molar-refractivity contribution in [3.8, 4) is 0 Å². The molecule has 3 N–H and O–H groups in total. The third-order valence-corrected chi connectivity index (χ3v) is 11.3. The molecule has 1 aromatic heterocycles. The molecule has 1 aromatic carbocycles. The first kappa shape index (κ1) is 22.2. The molecule has 0 radical (unpaired) electrons. The Morgan fingerprint density at radius 1 is 1.21 bits per heavy atom. The number of hydrogen-bond acceptors (Lipinski definition) is 5. The fraction of sp³-hybridized carbons (Fsp3) is 0.611. The highest BCUT2D eigenvalue weighted by molar-refractivity contribution is 7.71. The number of nitrogens with one attached hydrogen (secondary N) is 1. The van der Waals surface area contributed by atoms with E-state index in [-0.39, 0.29) is 11.6 Å². The number of H-pyrrole nitrogens is 1. The van der Waals surface area contributed by atoms with Gasteiger partial charge in [0.15, 0.2) is 19.3 Å². The van der Waals surface area contributed by atoms with E-state index in [4.69, 9.17) is 44.6 Å². The lowest BCUT2D eigenvalue weighted by Crippen LogP contribution is -2.44. The summed E-state index contributed by atoms with van der Waals surface area (Å²) in [5, 5.41) is 22.0. The Kier molecular flexibility index (Phi) is 6.09. The number of aromatic nitrogens is 2. The lowest BCUT2D eigenvalue weighted by atomic mass is 10.1. The van der Waals surface area contributed by atoms with Crippen LogP contribution in [0.3, 0.4) is 0 Å². The summed E-state index contributed by atoms with van der Waals surface area (Å²) in [6.07, 6.45) is -3.78. The van der Waals surface area contributed by atoms with Crippen LogP contribution in [0.2, 0.25) is 28.2 Å². The minimum absolute atomic E-state index is 0.0317. The molecule has 0 amide bonds. The molecule has 1 fully saturated rings. The third-order valence-electron chi connectivity index (χ3n) is 5.76. The van der Waals surface area contributed by atoms with Crippen molar-refractivity contribution in [2.45, 2.75) is 63.4 Å². The molecule has 2 heterocycles. The highest BCUT2D eigenvalue weighted by Gasteiger charge is 2.46. The van der Waals surface area contributed by atoms with Gasteiger partial charge in [-0.1, -0.05) is 44.0 Å². The first-order chi connectivity index (χ1) is 12.8. The molecular weight excluding hydrogens is 439 g/mol. The zero-order valence-corrected chi connectivity index (χ0v) is 19.8. The van der Waals surface area contributed by atoms with Crippen LogP contribution < -0.4 is 0 Å². The van der Waals surface area contributed by atoms with Gasteiger partial charge in [0.05, 0.1) is 27.7 Å². The quantitative estimate of drug-likeness (QED) is 0.453. The highest BCUT2D eigenvalue weighted by atomic mass is 35.5. The van der Waals surface area contributed by atoms with Gasteiger partial charge in [-0.15, -0.1) is 0 Å². The topological polar surface area (TPSA) is 79.6 Å². The molecule has 1 aliphatic rings. The number of rotatable bonds is 4. The number of fused-ring (bicyclic) bond motifs is 1. The van der Waals surface area contributed by atoms with Gasteiger partial charge in [0.2, 0.25) is 0 Å². The predicted octanol–water partition coefficient (Wildman–Crippen LogP) is 4.65. The fourth-order valence-corrected chi connectivity index (χ4v) is 4.61. The second-order valence-corrected chi connectivity index (χ2v) is 14.7. The third kappa shape index (κ3) is 3.93. The largest absolute Gasteiger partial charge is 0.414 e. The number of ether oxygens (including phenoxy) is 1. The number of aliphatic hydroxyl groups excluding tert-OH is 2. The van der Waals surface area contributed by atoms with E-state index >= 15 is 0 Å². The van der Waals surface area contributed by atoms with Gasteiger partial charge in [0, 0.05) is 0 Å². The van der Waals surface area contributed by atoms with Crippen LogP contribution in [0.15, 0.2) is 12.1 Å². The van der Waals surface area contributed by atoms with Gasteiger partial charge in [0.1, 0.15) is 18.3 Å². The normalized spacial score (nSPS) is 26.3. The van der Waals surface area contributed by atoms with Crippen LogP contribution in [0.25, 0.3) is 11.0 Å². The van der Waals surface area contributed by atoms with E-state index in [1.165, 1.54) is 0 Å². The number of hydrogen-bond donors (Lipinski definition) is 3. The molecule has 0 aliphatic carbocycles. The second-order valence-electron chi connectivity index (χ2n) is 8.70. The van der Waals surface area contributed by atoms with Crippen molar-refractivity contribution in [3.05, 3.63) is 26.9 Å². The Morgan fingerprint density at radius 2 is 1.82 bits per heavy atom. The molecule has 3 rings (SSSR count). The Bertz CT molecular complexity index is 940. The maximum absolute atomic E-state index is 10.6. The molecule has 6 nitrogen and oxygen atoms in total. The standard InChI is InChI=1S/C18H26Cl2N2O4SSi/c1-18(2,3)28(4,5)25-8-13-14(23)15(24)16(26-13)22-12-7-10(20)9(19)6-11(12)21-17(22)27/h6-7,13-16,23-24H,8H2,1-5H3,(H,21,27)/t13-,14-,15-,16-/m1/s1. The average molecular weight is 465 g/mol. The molecule has 10 heteroatoms. The average Bonchev–Trinajstić information content (AvgIpc) is 3.02. The van der Waals surface area contributed by atoms with Crippen molar-refractivity contribution < 1.29 is 19.4 Å². The summed E-state index contributed by atoms with van der Waals surface area (Å²) in [7, 11) is -2.02. The minimum atomic E-state index is -2.02. The van der Waals surface area contributed by atoms with Crippen molar-refractivity contribution in [1.82, 2.24) is 9.55 Å². The Balaban J connectivity index is 1.87. The van der Waals surface area contributed by atoms with Gasteiger partial charge >= 0.3 is 0 Å². The molecular formula is C18H26Cl2N2O4SSi. The molecule has 156 valence electrons. The number of aliphatic hydroxyl groups is 2. The highest BCUT2D eigenvalue weighted by Crippen LogP contribution is 2.39. The van der Waals surface area contributed by atoms with Gasteiger partial charge in [-0.05, 0) is 42.5 Å². The minimum Gasteiger partial charge on any atom is -0.414 e. The van der Waals surface area contributed by atoms with Crippen LogP contribution in [-0.4, -0.2) is 53.0 Å². The summed E-state index contributed by atoms with van der Waals surface area (Å²) in [6.45, 7) is 10.9. The van der Waals surface area contributed by atoms with Crippen molar-refractivity contribution in [1.29, 1.82) is 0 Å². The smallest absolute Gasteiger partial charge is 0.192 e. The van der Waals surface area contributed by atoms with Gasteiger partial charge in [-0.2, -0.15) is 0 Å². The van der Waals surface area contributed by atoms with Gasteiger partial charge in [-0.3, -0.25) is 4.57 Å². The maximum atomic E-state index is 10.6. The Hall–Kier alpha value is -0.453. The molecule has 0 spiro atoms. The first-order valence-electron chi connectivity index (χ1n) is 9.08. The zero-order chi connectivity index (χ0) is 21.0. The van der Waals surface area contributed by atoms with E-state index in [9.17, 15) is 10.2 Å². The lowest BCUT2D eigenvalue weighted by molar-refractivity contribution is -0.0494. The molecule has 0 unspecified atom stereocenters. The molecule has 28 heavy (non-hydrogen) atoms. The number of benzene rings is 1. The van der Waals surface area contributed by atoms with E-state index in [0.717, 1.165) is 0 Å². The Morgan fingerprint density at radius 3 is 2.43 bits per heavy atom. The van der Waals surface area contributed by atoms with E-state index < -0.39 is 32.9 Å². The first-order valence-corrected chi connectivity index (χ1v) is 13.2. The molecule has 0 bridgehead atoms. The number of nitrogens with zero attached hydrogens (tertiary/aromatic N) is 1. The number of halogens is 2. The predicted molar refractivity (Wildman–Crippen MR) is 116 cm³/mol. The zero-order valence-electron chi connectivity index (χ0n) is 16.5. The monoisotopic (exact) mass is 464 g/mol. The number of aromatic amines is 1. The van der Waals surface area contributed by atoms with E-state index in [1.54, 1.807) is 16.7 Å². The molecule has 1 aliphatic heterocycles. The summed E-state index contributed by atoms with van der Waals surface area (Å²) in [5.41, 5.74) is 1.31. The molecule has 4 atom stereocenters. The van der Waals surface area contributed by atoms with Gasteiger partial charge in [0.25, 0.3) is 0 Å². The van der Waals surface area contributed by atoms with Crippen molar-refractivity contribution in [2.75, 3.05) is 6.61 Å². The SMILES string of the molecule is CC(C)(C)[Si](C)(C)OC[C@H]1O[C@@H](n2c(=S)[nH]c3cc(Cl)c(Cl)cc32)[C@H](O)[C@@H]1O. The van der Waals surface area contributed by atoms with Crippen molar-refractivity contribution >= 4 is 54.8 Å². The van der Waals surface area contributed by atoms with Crippen molar-refractivity contribution in [2.24, 2.45) is 0 Å². The van der Waals surface area contributed by atoms with E-state index in [1.807, 2.05) is 0 Å². The second kappa shape index (κ2) is 7.66. The van der Waals surface area contributed by atoms with Crippen LogP contribution in [0.4, 0.5) is 0 Å². The van der Waals surface area contributed by atoms with E-state index in [2.05, 4.69) is 38.8 Å². The number of imidazole rings is 1. The van der Waals surface area contributed by atoms with E-state index in [0.29, 0.717) is 25.8 Å². The van der Waals surface area contributed by atoms with Crippen LogP contribution in [-0.2, 0) is 9.16 Å². The lowest BCUT2D eigenvalue weighted by Gasteiger charge is -2.37. The summed E-state index contributed by atoms with van der Waals surface area (Å²) in [6, 6.07) is 3.33. The van der Waals surface area contributed by atoms with Crippen LogP contribution >= 0.6 is 35.4 Å². The summed E-state index contributed by atoms with van der Waals surface area (Å²) < 4.78 is 14.1. The maximum Gasteiger partial charge on any atom is 0.192 e. The van der Waals surface area contributed by atoms with Gasteiger partial charge in [-0.25, -0.2) is 0 Å². The van der Waals surface area contributed by atoms with Crippen molar-refractivity contribution in [3.63, 3.8) is 0 Å². The summed E-state index contributed by atoms with van der Waals surface area (Å²) in [5.74, 6) is 0. The Labute approximate surface area is 180 Å². The fourth-order valence-electron chi connectivity index (χ4n) is 2.96. The molecule has 2 aromatic rings. The molecule has 1 saturated heterocycles. The molecule has 0 saturated carbocycles. The van der Waals surface area contributed by atoms with Crippen LogP contribution in [0.1, 0.15) is 27.0 Å². The van der Waals surface area contributed by atoms with Crippen LogP contribution in [0, 0.1) is 4.77 Å². The summed E-state index contributed by atoms with van der Waals surface area (Å²) >= 11 is 17.6.